The molecule has 110 valence electrons. The van der Waals surface area contributed by atoms with Crippen LogP contribution in [0.5, 0.6) is 0 Å². The number of hydrogen-bond donors (Lipinski definition) is 1. The van der Waals surface area contributed by atoms with E-state index in [9.17, 15) is 17.8 Å². The van der Waals surface area contributed by atoms with E-state index in [4.69, 9.17) is 4.74 Å². The van der Waals surface area contributed by atoms with Gasteiger partial charge in [-0.3, -0.25) is 14.3 Å². The molecule has 1 unspecified atom stereocenters. The minimum Gasteiger partial charge on any atom is -0.378 e. The molecule has 0 saturated carbocycles. The first kappa shape index (κ1) is 14.9. The van der Waals surface area contributed by atoms with Crippen LogP contribution in [0.15, 0.2) is 24.5 Å². The fourth-order valence-electron chi connectivity index (χ4n) is 2.04. The standard InChI is InChI=1S/C12H16N2O5S/c15-12(14-5-7-19-8-6-14)11(20(16,17)18)9-10-1-3-13-4-2-10/h1-4,11H,5-9H2,(H,16,17,18). The van der Waals surface area contributed by atoms with Gasteiger partial charge < -0.3 is 9.64 Å². The van der Waals surface area contributed by atoms with Crippen molar-refractivity contribution in [2.75, 3.05) is 26.3 Å². The monoisotopic (exact) mass is 300 g/mol. The Bertz CT molecular complexity index is 554. The van der Waals surface area contributed by atoms with Crippen molar-refractivity contribution in [2.45, 2.75) is 11.7 Å². The molecule has 8 heteroatoms. The van der Waals surface area contributed by atoms with E-state index in [2.05, 4.69) is 4.98 Å². The predicted octanol–water partition coefficient (Wildman–Crippen LogP) is -0.261. The van der Waals surface area contributed by atoms with E-state index < -0.39 is 21.3 Å². The Balaban J connectivity index is 2.17. The van der Waals surface area contributed by atoms with Gasteiger partial charge in [-0.15, -0.1) is 0 Å². The smallest absolute Gasteiger partial charge is 0.277 e. The highest BCUT2D eigenvalue weighted by Crippen LogP contribution is 2.13. The summed E-state index contributed by atoms with van der Waals surface area (Å²) in [6, 6.07) is 3.23. The number of carbonyl (C=O) groups is 1. The van der Waals surface area contributed by atoms with Crippen molar-refractivity contribution in [3.63, 3.8) is 0 Å². The summed E-state index contributed by atoms with van der Waals surface area (Å²) in [5.74, 6) is -0.590. The Hall–Kier alpha value is -1.51. The third kappa shape index (κ3) is 3.75. The minimum absolute atomic E-state index is 0.0719. The zero-order valence-corrected chi connectivity index (χ0v) is 11.6. The summed E-state index contributed by atoms with van der Waals surface area (Å²) in [4.78, 5) is 17.5. The van der Waals surface area contributed by atoms with Gasteiger partial charge in [-0.2, -0.15) is 8.42 Å². The van der Waals surface area contributed by atoms with Gasteiger partial charge in [-0.1, -0.05) is 0 Å². The molecule has 0 radical (unpaired) electrons. The molecule has 1 aliphatic rings. The number of rotatable bonds is 4. The summed E-state index contributed by atoms with van der Waals surface area (Å²) in [5.41, 5.74) is 0.629. The molecule has 0 aliphatic carbocycles. The van der Waals surface area contributed by atoms with Gasteiger partial charge in [0.25, 0.3) is 10.1 Å². The Kier molecular flexibility index (Phi) is 4.69. The van der Waals surface area contributed by atoms with Gasteiger partial charge >= 0.3 is 0 Å². The van der Waals surface area contributed by atoms with Crippen molar-refractivity contribution in [3.05, 3.63) is 30.1 Å². The van der Waals surface area contributed by atoms with Crippen LogP contribution in [0.2, 0.25) is 0 Å². The highest BCUT2D eigenvalue weighted by Gasteiger charge is 2.35. The van der Waals surface area contributed by atoms with Crippen molar-refractivity contribution in [3.8, 4) is 0 Å². The van der Waals surface area contributed by atoms with E-state index in [-0.39, 0.29) is 6.42 Å². The molecular formula is C12H16N2O5S. The second kappa shape index (κ2) is 6.29. The maximum absolute atomic E-state index is 12.3. The fourth-order valence-corrected chi connectivity index (χ4v) is 2.85. The van der Waals surface area contributed by atoms with Crippen molar-refractivity contribution in [1.82, 2.24) is 9.88 Å². The highest BCUT2D eigenvalue weighted by atomic mass is 32.2. The number of hydrogen-bond acceptors (Lipinski definition) is 5. The van der Waals surface area contributed by atoms with Crippen molar-refractivity contribution >= 4 is 16.0 Å². The van der Waals surface area contributed by atoms with Gasteiger partial charge in [-0.25, -0.2) is 0 Å². The summed E-state index contributed by atoms with van der Waals surface area (Å²) in [6.45, 7) is 1.42. The van der Waals surface area contributed by atoms with Gasteiger partial charge in [0.1, 0.15) is 0 Å². The number of ether oxygens (including phenoxy) is 1. The fraction of sp³-hybridized carbons (Fsp3) is 0.500. The first-order valence-corrected chi connectivity index (χ1v) is 7.70. The number of amides is 1. The van der Waals surface area contributed by atoms with E-state index in [0.29, 0.717) is 31.9 Å². The zero-order chi connectivity index (χ0) is 14.6. The second-order valence-corrected chi connectivity index (χ2v) is 6.10. The Morgan fingerprint density at radius 3 is 2.50 bits per heavy atom. The lowest BCUT2D eigenvalue weighted by Gasteiger charge is -2.29. The van der Waals surface area contributed by atoms with Gasteiger partial charge in [0.05, 0.1) is 13.2 Å². The summed E-state index contributed by atoms with van der Waals surface area (Å²) in [5, 5.41) is -1.48. The topological polar surface area (TPSA) is 96.8 Å². The molecule has 1 aliphatic heterocycles. The SMILES string of the molecule is O=C(C(Cc1ccncc1)S(=O)(=O)O)N1CCOCC1. The quantitative estimate of drug-likeness (QED) is 0.770. The zero-order valence-electron chi connectivity index (χ0n) is 10.8. The molecule has 20 heavy (non-hydrogen) atoms. The average molecular weight is 300 g/mol. The lowest BCUT2D eigenvalue weighted by atomic mass is 10.1. The molecule has 1 fully saturated rings. The minimum atomic E-state index is -4.46. The lowest BCUT2D eigenvalue weighted by Crippen LogP contribution is -2.48. The number of pyridine rings is 1. The molecular weight excluding hydrogens is 284 g/mol. The number of carbonyl (C=O) groups excluding carboxylic acids is 1. The molecule has 1 amide bonds. The highest BCUT2D eigenvalue weighted by molar-refractivity contribution is 7.87. The molecule has 1 aromatic rings. The van der Waals surface area contributed by atoms with Crippen LogP contribution in [-0.2, 0) is 26.1 Å². The van der Waals surface area contributed by atoms with Crippen LogP contribution >= 0.6 is 0 Å². The Labute approximate surface area is 117 Å². The molecule has 1 aromatic heterocycles. The number of aromatic nitrogens is 1. The third-order valence-electron chi connectivity index (χ3n) is 3.13. The van der Waals surface area contributed by atoms with Gasteiger partial charge in [0, 0.05) is 31.9 Å². The van der Waals surface area contributed by atoms with E-state index in [1.54, 1.807) is 12.1 Å². The first-order chi connectivity index (χ1) is 9.48. The average Bonchev–Trinajstić information content (AvgIpc) is 2.45. The van der Waals surface area contributed by atoms with E-state index >= 15 is 0 Å². The van der Waals surface area contributed by atoms with Crippen LogP contribution in [0.25, 0.3) is 0 Å². The van der Waals surface area contributed by atoms with Crippen molar-refractivity contribution in [1.29, 1.82) is 0 Å². The van der Waals surface area contributed by atoms with Crippen molar-refractivity contribution in [2.24, 2.45) is 0 Å². The van der Waals surface area contributed by atoms with Crippen molar-refractivity contribution < 1.29 is 22.5 Å². The van der Waals surface area contributed by atoms with Crippen LogP contribution in [0, 0.1) is 0 Å². The van der Waals surface area contributed by atoms with E-state index in [1.165, 1.54) is 17.3 Å². The Morgan fingerprint density at radius 2 is 1.95 bits per heavy atom. The molecule has 1 N–H and O–H groups in total. The first-order valence-electron chi connectivity index (χ1n) is 6.20. The van der Waals surface area contributed by atoms with Crippen LogP contribution in [0.4, 0.5) is 0 Å². The molecule has 1 atom stereocenters. The molecule has 0 aromatic carbocycles. The third-order valence-corrected chi connectivity index (χ3v) is 4.22. The van der Waals surface area contributed by atoms with Gasteiger partial charge in [0.15, 0.2) is 5.25 Å². The number of nitrogens with zero attached hydrogens (tertiary/aromatic N) is 2. The summed E-state index contributed by atoms with van der Waals surface area (Å²) in [7, 11) is -4.46. The second-order valence-electron chi connectivity index (χ2n) is 4.50. The summed E-state index contributed by atoms with van der Waals surface area (Å²) >= 11 is 0. The summed E-state index contributed by atoms with van der Waals surface area (Å²) < 4.78 is 37.4. The van der Waals surface area contributed by atoms with Gasteiger partial charge in [0.2, 0.25) is 5.91 Å². The Morgan fingerprint density at radius 1 is 1.35 bits per heavy atom. The maximum atomic E-state index is 12.3. The summed E-state index contributed by atoms with van der Waals surface area (Å²) in [6.07, 6.45) is 2.95. The molecule has 0 spiro atoms. The van der Waals surface area contributed by atoms with Crippen LogP contribution in [0.1, 0.15) is 5.56 Å². The van der Waals surface area contributed by atoms with Crippen LogP contribution in [0.3, 0.4) is 0 Å². The van der Waals surface area contributed by atoms with E-state index in [0.717, 1.165) is 0 Å². The normalized spacial score (nSPS) is 17.8. The molecule has 2 heterocycles. The van der Waals surface area contributed by atoms with Crippen LogP contribution < -0.4 is 0 Å². The van der Waals surface area contributed by atoms with E-state index in [1.807, 2.05) is 0 Å². The molecule has 1 saturated heterocycles. The number of morpholine rings is 1. The molecule has 0 bridgehead atoms. The maximum Gasteiger partial charge on any atom is 0.277 e. The molecule has 7 nitrogen and oxygen atoms in total. The van der Waals surface area contributed by atoms with Gasteiger partial charge in [-0.05, 0) is 17.7 Å². The lowest BCUT2D eigenvalue weighted by molar-refractivity contribution is -0.134. The molecule has 2 rings (SSSR count). The van der Waals surface area contributed by atoms with Crippen LogP contribution in [-0.4, -0.2) is 60.3 Å². The predicted molar refractivity (Wildman–Crippen MR) is 70.7 cm³/mol. The largest absolute Gasteiger partial charge is 0.378 e.